The Morgan fingerprint density at radius 3 is 2.57 bits per heavy atom. The van der Waals surface area contributed by atoms with Crippen LogP contribution in [-0.4, -0.2) is 21.2 Å². The molecule has 0 spiro atoms. The number of Topliss-reactive ketones (excluding diaryl/α,β-unsaturated/α-hetero) is 1. The minimum absolute atomic E-state index is 0.0459. The van der Waals surface area contributed by atoms with Crippen LogP contribution in [0, 0.1) is 0 Å². The van der Waals surface area contributed by atoms with E-state index in [1.165, 1.54) is 13.1 Å². The zero-order valence-electron chi connectivity index (χ0n) is 12.6. The van der Waals surface area contributed by atoms with Crippen LogP contribution >= 0.6 is 0 Å². The number of nitrogens with zero attached hydrogens (tertiary/aromatic N) is 2. The van der Waals surface area contributed by atoms with E-state index in [4.69, 9.17) is 0 Å². The monoisotopic (exact) mass is 305 g/mol. The number of hydrogen-bond acceptors (Lipinski definition) is 3. The molecule has 3 aromatic rings. The lowest BCUT2D eigenvalue weighted by Crippen LogP contribution is -2.16. The molecule has 0 unspecified atom stereocenters. The molecule has 23 heavy (non-hydrogen) atoms. The molecule has 3 rings (SSSR count). The van der Waals surface area contributed by atoms with Crippen molar-refractivity contribution in [3.63, 3.8) is 0 Å². The lowest BCUT2D eigenvalue weighted by molar-refractivity contribution is 0.100. The van der Waals surface area contributed by atoms with Crippen LogP contribution in [-0.2, 0) is 0 Å². The number of aromatic nitrogens is 2. The van der Waals surface area contributed by atoms with Crippen molar-refractivity contribution in [1.29, 1.82) is 0 Å². The number of ketones is 1. The first-order chi connectivity index (χ1) is 11.1. The van der Waals surface area contributed by atoms with Gasteiger partial charge in [-0.15, -0.1) is 0 Å². The number of hydrogen-bond donors (Lipinski definition) is 1. The SMILES string of the molecule is CC(=O)c1cccc(NC(=O)c2cncn2-c2ccccc2)c1. The van der Waals surface area contributed by atoms with Gasteiger partial charge in [0.1, 0.15) is 5.69 Å². The standard InChI is InChI=1S/C18H15N3O2/c1-13(22)14-6-5-7-15(10-14)20-18(23)17-11-19-12-21(17)16-8-3-2-4-9-16/h2-12H,1H3,(H,20,23). The Bertz CT molecular complexity index is 853. The Labute approximate surface area is 133 Å². The minimum atomic E-state index is -0.285. The number of para-hydroxylation sites is 1. The molecule has 0 saturated heterocycles. The number of amides is 1. The average molecular weight is 305 g/mol. The molecule has 1 heterocycles. The Balaban J connectivity index is 1.87. The van der Waals surface area contributed by atoms with E-state index < -0.39 is 0 Å². The largest absolute Gasteiger partial charge is 0.321 e. The zero-order valence-corrected chi connectivity index (χ0v) is 12.6. The van der Waals surface area contributed by atoms with Gasteiger partial charge in [0.25, 0.3) is 5.91 Å². The van der Waals surface area contributed by atoms with Crippen molar-refractivity contribution < 1.29 is 9.59 Å². The second-order valence-corrected chi connectivity index (χ2v) is 5.08. The summed E-state index contributed by atoms with van der Waals surface area (Å²) in [5.74, 6) is -0.331. The first kappa shape index (κ1) is 14.7. The molecular weight excluding hydrogens is 290 g/mol. The molecular formula is C18H15N3O2. The number of rotatable bonds is 4. The van der Waals surface area contributed by atoms with Gasteiger partial charge in [-0.1, -0.05) is 30.3 Å². The number of benzene rings is 2. The van der Waals surface area contributed by atoms with Crippen LogP contribution in [0.3, 0.4) is 0 Å². The summed E-state index contributed by atoms with van der Waals surface area (Å²) in [7, 11) is 0. The molecule has 0 atom stereocenters. The molecule has 0 aliphatic heterocycles. The summed E-state index contributed by atoms with van der Waals surface area (Å²) in [6, 6.07) is 16.3. The van der Waals surface area contributed by atoms with Gasteiger partial charge in [-0.05, 0) is 31.2 Å². The number of nitrogens with one attached hydrogen (secondary N) is 1. The molecule has 0 bridgehead atoms. The van der Waals surface area contributed by atoms with Crippen molar-refractivity contribution in [3.05, 3.63) is 78.4 Å². The van der Waals surface area contributed by atoms with Crippen LogP contribution < -0.4 is 5.32 Å². The summed E-state index contributed by atoms with van der Waals surface area (Å²) >= 11 is 0. The highest BCUT2D eigenvalue weighted by Crippen LogP contribution is 2.15. The molecule has 0 fully saturated rings. The first-order valence-corrected chi connectivity index (χ1v) is 7.15. The fourth-order valence-electron chi connectivity index (χ4n) is 2.27. The van der Waals surface area contributed by atoms with Crippen LogP contribution in [0.1, 0.15) is 27.8 Å². The molecule has 1 aromatic heterocycles. The molecule has 5 heteroatoms. The van der Waals surface area contributed by atoms with Crippen LogP contribution in [0.5, 0.6) is 0 Å². The van der Waals surface area contributed by atoms with Crippen LogP contribution in [0.25, 0.3) is 5.69 Å². The average Bonchev–Trinajstić information content (AvgIpc) is 3.05. The molecule has 0 radical (unpaired) electrons. The number of carbonyl (C=O) groups excluding carboxylic acids is 2. The normalized spacial score (nSPS) is 10.3. The van der Waals surface area contributed by atoms with Gasteiger partial charge in [0.05, 0.1) is 12.5 Å². The van der Waals surface area contributed by atoms with Crippen LogP contribution in [0.15, 0.2) is 67.1 Å². The second kappa shape index (κ2) is 6.27. The lowest BCUT2D eigenvalue weighted by atomic mass is 10.1. The van der Waals surface area contributed by atoms with Crippen LogP contribution in [0.2, 0.25) is 0 Å². The van der Waals surface area contributed by atoms with E-state index in [1.54, 1.807) is 35.2 Å². The maximum Gasteiger partial charge on any atom is 0.274 e. The molecule has 0 aliphatic carbocycles. The van der Waals surface area contributed by atoms with E-state index in [2.05, 4.69) is 10.3 Å². The predicted octanol–water partition coefficient (Wildman–Crippen LogP) is 3.33. The summed E-state index contributed by atoms with van der Waals surface area (Å²) in [4.78, 5) is 28.0. The maximum absolute atomic E-state index is 12.5. The van der Waals surface area contributed by atoms with Gasteiger partial charge in [-0.3, -0.25) is 14.2 Å². The first-order valence-electron chi connectivity index (χ1n) is 7.15. The minimum Gasteiger partial charge on any atom is -0.321 e. The Morgan fingerprint density at radius 1 is 1.04 bits per heavy atom. The molecule has 0 saturated carbocycles. The topological polar surface area (TPSA) is 64.0 Å². The van der Waals surface area contributed by atoms with Gasteiger partial charge >= 0.3 is 0 Å². The predicted molar refractivity (Wildman–Crippen MR) is 88.0 cm³/mol. The van der Waals surface area contributed by atoms with Gasteiger partial charge in [-0.2, -0.15) is 0 Å². The summed E-state index contributed by atoms with van der Waals surface area (Å²) in [6.45, 7) is 1.49. The molecule has 114 valence electrons. The number of anilines is 1. The maximum atomic E-state index is 12.5. The Kier molecular flexibility index (Phi) is 4.01. The van der Waals surface area contributed by atoms with Crippen molar-refractivity contribution >= 4 is 17.4 Å². The van der Waals surface area contributed by atoms with Gasteiger partial charge in [0, 0.05) is 16.9 Å². The van der Waals surface area contributed by atoms with Crippen LogP contribution in [0.4, 0.5) is 5.69 Å². The molecule has 0 aliphatic rings. The fourth-order valence-corrected chi connectivity index (χ4v) is 2.27. The lowest BCUT2D eigenvalue weighted by Gasteiger charge is -2.09. The summed E-state index contributed by atoms with van der Waals surface area (Å²) < 4.78 is 1.71. The van der Waals surface area contributed by atoms with Crippen molar-refractivity contribution in [2.75, 3.05) is 5.32 Å². The van der Waals surface area contributed by atoms with Crippen molar-refractivity contribution in [3.8, 4) is 5.69 Å². The van der Waals surface area contributed by atoms with E-state index >= 15 is 0 Å². The smallest absolute Gasteiger partial charge is 0.274 e. The third-order valence-electron chi connectivity index (χ3n) is 3.43. The highest BCUT2D eigenvalue weighted by molar-refractivity contribution is 6.04. The van der Waals surface area contributed by atoms with E-state index in [0.29, 0.717) is 16.9 Å². The molecule has 5 nitrogen and oxygen atoms in total. The highest BCUT2D eigenvalue weighted by atomic mass is 16.2. The fraction of sp³-hybridized carbons (Fsp3) is 0.0556. The molecule has 2 aromatic carbocycles. The van der Waals surface area contributed by atoms with Gasteiger partial charge in [-0.25, -0.2) is 4.98 Å². The van der Waals surface area contributed by atoms with Crippen molar-refractivity contribution in [2.24, 2.45) is 0 Å². The third kappa shape index (κ3) is 3.18. The zero-order chi connectivity index (χ0) is 16.2. The number of carbonyl (C=O) groups is 2. The van der Waals surface area contributed by atoms with E-state index in [0.717, 1.165) is 5.69 Å². The molecule has 1 amide bonds. The van der Waals surface area contributed by atoms with Crippen molar-refractivity contribution in [1.82, 2.24) is 9.55 Å². The summed E-state index contributed by atoms with van der Waals surface area (Å²) in [5, 5.41) is 2.80. The Hall–Kier alpha value is -3.21. The number of imidazole rings is 1. The molecule has 1 N–H and O–H groups in total. The summed E-state index contributed by atoms with van der Waals surface area (Å²) in [6.07, 6.45) is 3.10. The quantitative estimate of drug-likeness (QED) is 0.752. The van der Waals surface area contributed by atoms with Gasteiger partial charge in [0.15, 0.2) is 5.78 Å². The second-order valence-electron chi connectivity index (χ2n) is 5.08. The highest BCUT2D eigenvalue weighted by Gasteiger charge is 2.13. The van der Waals surface area contributed by atoms with E-state index in [1.807, 2.05) is 30.3 Å². The Morgan fingerprint density at radius 2 is 1.83 bits per heavy atom. The van der Waals surface area contributed by atoms with Gasteiger partial charge < -0.3 is 5.32 Å². The van der Waals surface area contributed by atoms with E-state index in [9.17, 15) is 9.59 Å². The van der Waals surface area contributed by atoms with Gasteiger partial charge in [0.2, 0.25) is 0 Å². The van der Waals surface area contributed by atoms with E-state index in [-0.39, 0.29) is 11.7 Å². The third-order valence-corrected chi connectivity index (χ3v) is 3.43. The van der Waals surface area contributed by atoms with Crippen molar-refractivity contribution in [2.45, 2.75) is 6.92 Å². The summed E-state index contributed by atoms with van der Waals surface area (Å²) in [5.41, 5.74) is 2.40.